The van der Waals surface area contributed by atoms with Gasteiger partial charge >= 0.3 is 0 Å². The zero-order chi connectivity index (χ0) is 41.1. The third-order valence-electron chi connectivity index (χ3n) is 11.2. The minimum atomic E-state index is -1.03. The van der Waals surface area contributed by atoms with Crippen LogP contribution in [0.1, 0.15) is 84.8 Å². The van der Waals surface area contributed by atoms with Crippen molar-refractivity contribution in [2.45, 2.75) is 52.5 Å². The van der Waals surface area contributed by atoms with E-state index in [0.29, 0.717) is 49.4 Å². The Labute approximate surface area is 336 Å². The minimum Gasteiger partial charge on any atom is -0.384 e. The third-order valence-corrected chi connectivity index (χ3v) is 11.2. The van der Waals surface area contributed by atoms with Gasteiger partial charge in [0.15, 0.2) is 0 Å². The molecule has 3 aromatic rings. The molecule has 0 aliphatic carbocycles. The Bertz CT molecular complexity index is 2220. The zero-order valence-corrected chi connectivity index (χ0v) is 33.0. The van der Waals surface area contributed by atoms with Gasteiger partial charge in [-0.3, -0.25) is 48.7 Å². The topological polar surface area (TPSA) is 205 Å². The van der Waals surface area contributed by atoms with Crippen LogP contribution in [0.3, 0.4) is 0 Å². The molecule has 1 unspecified atom stereocenters. The van der Waals surface area contributed by atoms with E-state index < -0.39 is 29.7 Å². The van der Waals surface area contributed by atoms with Crippen molar-refractivity contribution in [3.8, 4) is 0 Å². The van der Waals surface area contributed by atoms with Crippen LogP contribution in [0.15, 0.2) is 36.4 Å². The second-order valence-electron chi connectivity index (χ2n) is 15.3. The van der Waals surface area contributed by atoms with Gasteiger partial charge in [0.25, 0.3) is 23.6 Å². The molecule has 16 nitrogen and oxygen atoms in total. The van der Waals surface area contributed by atoms with Crippen LogP contribution in [0.5, 0.6) is 0 Å². The SMILES string of the molecule is Cc1ccc2c(c1)/C(=C/c1[nH]c(C)c(C(=O)NCCCN3CCN(CC(=O)NCCCNc4cccc5c4C(=O)N(C4CCC(=O)NC4=O)C5=O)CC3)c1C)C(=O)N2. The molecule has 7 amide bonds. The molecule has 1 aromatic heterocycles. The molecule has 5 heterocycles. The van der Waals surface area contributed by atoms with E-state index >= 15 is 0 Å². The summed E-state index contributed by atoms with van der Waals surface area (Å²) in [6, 6.07) is 9.73. The Morgan fingerprint density at radius 2 is 1.60 bits per heavy atom. The molecule has 0 radical (unpaired) electrons. The van der Waals surface area contributed by atoms with Crippen molar-refractivity contribution < 1.29 is 33.6 Å². The summed E-state index contributed by atoms with van der Waals surface area (Å²) in [6.45, 7) is 11.4. The van der Waals surface area contributed by atoms with Gasteiger partial charge in [0.2, 0.25) is 17.7 Å². The number of aryl methyl sites for hydroxylation is 2. The number of carbonyl (C=O) groups excluding carboxylic acids is 7. The molecular formula is C42H49N9O7. The van der Waals surface area contributed by atoms with E-state index in [1.807, 2.05) is 45.0 Å². The highest BCUT2D eigenvalue weighted by molar-refractivity contribution is 6.35. The van der Waals surface area contributed by atoms with Crippen LogP contribution in [0.2, 0.25) is 0 Å². The van der Waals surface area contributed by atoms with Gasteiger partial charge in [-0.15, -0.1) is 0 Å². The van der Waals surface area contributed by atoms with E-state index in [2.05, 4.69) is 41.4 Å². The molecule has 0 saturated carbocycles. The Balaban J connectivity index is 0.784. The van der Waals surface area contributed by atoms with E-state index in [1.54, 1.807) is 18.2 Å². The number of aromatic amines is 1. The largest absolute Gasteiger partial charge is 0.384 e. The van der Waals surface area contributed by atoms with E-state index in [9.17, 15) is 33.6 Å². The lowest BCUT2D eigenvalue weighted by atomic mass is 10.0. The molecule has 7 rings (SSSR count). The normalized spacial score (nSPS) is 18.9. The second-order valence-corrected chi connectivity index (χ2v) is 15.3. The lowest BCUT2D eigenvalue weighted by Crippen LogP contribution is -2.54. The summed E-state index contributed by atoms with van der Waals surface area (Å²) >= 11 is 0. The van der Waals surface area contributed by atoms with Gasteiger partial charge in [0.1, 0.15) is 6.04 Å². The van der Waals surface area contributed by atoms with Crippen LogP contribution in [0.4, 0.5) is 11.4 Å². The summed E-state index contributed by atoms with van der Waals surface area (Å²) in [5.41, 5.74) is 7.01. The van der Waals surface area contributed by atoms with Gasteiger partial charge in [-0.2, -0.15) is 0 Å². The molecular weight excluding hydrogens is 743 g/mol. The first kappa shape index (κ1) is 40.1. The van der Waals surface area contributed by atoms with E-state index in [1.165, 1.54) is 0 Å². The summed E-state index contributed by atoms with van der Waals surface area (Å²) < 4.78 is 0. The van der Waals surface area contributed by atoms with Crippen molar-refractivity contribution in [3.63, 3.8) is 0 Å². The number of aromatic nitrogens is 1. The lowest BCUT2D eigenvalue weighted by molar-refractivity contribution is -0.136. The van der Waals surface area contributed by atoms with Crippen LogP contribution in [0.25, 0.3) is 11.6 Å². The Kier molecular flexibility index (Phi) is 11.9. The summed E-state index contributed by atoms with van der Waals surface area (Å²) in [7, 11) is 0. The number of nitrogens with zero attached hydrogens (tertiary/aromatic N) is 3. The molecule has 2 fully saturated rings. The predicted octanol–water partition coefficient (Wildman–Crippen LogP) is 2.19. The molecule has 304 valence electrons. The highest BCUT2D eigenvalue weighted by Gasteiger charge is 2.45. The van der Waals surface area contributed by atoms with Gasteiger partial charge < -0.3 is 31.2 Å². The van der Waals surface area contributed by atoms with Crippen molar-refractivity contribution in [1.29, 1.82) is 0 Å². The summed E-state index contributed by atoms with van der Waals surface area (Å²) in [5.74, 6) is -2.59. The zero-order valence-electron chi connectivity index (χ0n) is 33.0. The number of imide groups is 2. The molecule has 0 spiro atoms. The number of nitrogens with one attached hydrogen (secondary N) is 6. The fraction of sp³-hybridized carbons (Fsp3) is 0.405. The summed E-state index contributed by atoms with van der Waals surface area (Å²) in [6.07, 6.45) is 3.32. The van der Waals surface area contributed by atoms with Crippen molar-refractivity contribution >= 4 is 64.4 Å². The van der Waals surface area contributed by atoms with Crippen LogP contribution in [-0.2, 0) is 19.2 Å². The number of rotatable bonds is 14. The predicted molar refractivity (Wildman–Crippen MR) is 217 cm³/mol. The third kappa shape index (κ3) is 8.43. The first-order valence-electron chi connectivity index (χ1n) is 19.8. The second kappa shape index (κ2) is 17.2. The number of anilines is 2. The van der Waals surface area contributed by atoms with E-state index in [-0.39, 0.29) is 41.7 Å². The lowest BCUT2D eigenvalue weighted by Gasteiger charge is -2.34. The average Bonchev–Trinajstić information content (AvgIpc) is 3.76. The Morgan fingerprint density at radius 3 is 2.38 bits per heavy atom. The number of amides is 7. The molecule has 1 atom stereocenters. The van der Waals surface area contributed by atoms with E-state index in [0.717, 1.165) is 77.8 Å². The average molecular weight is 792 g/mol. The Hall–Kier alpha value is -6.13. The molecule has 58 heavy (non-hydrogen) atoms. The van der Waals surface area contributed by atoms with Crippen LogP contribution in [-0.4, -0.2) is 126 Å². The first-order valence-corrected chi connectivity index (χ1v) is 19.8. The maximum absolute atomic E-state index is 13.3. The number of carbonyl (C=O) groups is 7. The fourth-order valence-corrected chi connectivity index (χ4v) is 8.07. The van der Waals surface area contributed by atoms with Gasteiger partial charge in [0.05, 0.1) is 28.8 Å². The van der Waals surface area contributed by atoms with Gasteiger partial charge in [-0.05, 0) is 82.5 Å². The van der Waals surface area contributed by atoms with Crippen molar-refractivity contribution in [2.75, 3.05) is 69.5 Å². The standard InChI is InChI=1S/C42H49N9O7/c1-24-9-10-30-28(21-24)29(38(54)47-30)22-32-25(2)36(26(3)46-32)40(56)45-15-6-16-49-17-19-50(20-18-49)23-35(53)44-14-5-13-43-31-8-4-7-27-37(31)42(58)51(41(27)57)33-11-12-34(52)48-39(33)55/h4,7-10,21-22,33,43,46H,5-6,11-20,23H2,1-3H3,(H,44,53)(H,45,56)(H,47,54)(H,48,52,55)/b29-22-. The number of hydrogen-bond donors (Lipinski definition) is 6. The quantitative estimate of drug-likeness (QED) is 0.0798. The van der Waals surface area contributed by atoms with Gasteiger partial charge in [-0.1, -0.05) is 17.7 Å². The van der Waals surface area contributed by atoms with Crippen LogP contribution < -0.4 is 26.6 Å². The number of benzene rings is 2. The maximum atomic E-state index is 13.3. The molecule has 2 aromatic carbocycles. The summed E-state index contributed by atoms with van der Waals surface area (Å²) in [5, 5.41) is 14.3. The number of fused-ring (bicyclic) bond motifs is 2. The van der Waals surface area contributed by atoms with Crippen LogP contribution in [0, 0.1) is 20.8 Å². The molecule has 4 aliphatic heterocycles. The molecule has 0 bridgehead atoms. The molecule has 16 heteroatoms. The minimum absolute atomic E-state index is 0.0533. The number of piperidine rings is 1. The molecule has 2 saturated heterocycles. The smallest absolute Gasteiger partial charge is 0.264 e. The van der Waals surface area contributed by atoms with Crippen molar-refractivity contribution in [3.05, 3.63) is 81.2 Å². The number of H-pyrrole nitrogens is 1. The Morgan fingerprint density at radius 1 is 0.845 bits per heavy atom. The highest BCUT2D eigenvalue weighted by atomic mass is 16.2. The molecule has 6 N–H and O–H groups in total. The fourth-order valence-electron chi connectivity index (χ4n) is 8.07. The highest BCUT2D eigenvalue weighted by Crippen LogP contribution is 2.35. The first-order chi connectivity index (χ1) is 27.9. The van der Waals surface area contributed by atoms with Crippen molar-refractivity contribution in [1.82, 2.24) is 35.6 Å². The van der Waals surface area contributed by atoms with Crippen LogP contribution >= 0.6 is 0 Å². The number of piperazine rings is 1. The van der Waals surface area contributed by atoms with Gasteiger partial charge in [-0.25, -0.2) is 0 Å². The van der Waals surface area contributed by atoms with Crippen molar-refractivity contribution in [2.24, 2.45) is 0 Å². The summed E-state index contributed by atoms with van der Waals surface area (Å²) in [4.78, 5) is 97.7. The monoisotopic (exact) mass is 791 g/mol. The maximum Gasteiger partial charge on any atom is 0.264 e. The van der Waals surface area contributed by atoms with E-state index in [4.69, 9.17) is 0 Å². The van der Waals surface area contributed by atoms with Gasteiger partial charge in [0, 0.05) is 80.6 Å². The molecule has 4 aliphatic rings. The number of hydrogen-bond acceptors (Lipinski definition) is 10.